The van der Waals surface area contributed by atoms with Crippen LogP contribution < -0.4 is 5.32 Å². The maximum absolute atomic E-state index is 12.0. The topological polar surface area (TPSA) is 56.8 Å². The van der Waals surface area contributed by atoms with Crippen molar-refractivity contribution in [3.05, 3.63) is 0 Å². The first-order valence-electron chi connectivity index (χ1n) is 6.90. The molecule has 2 rings (SSSR count). The molecule has 0 saturated carbocycles. The van der Waals surface area contributed by atoms with Crippen LogP contribution in [-0.2, 0) is 19.0 Å². The van der Waals surface area contributed by atoms with Crippen LogP contribution in [0.2, 0.25) is 0 Å². The summed E-state index contributed by atoms with van der Waals surface area (Å²) < 4.78 is 16.1. The van der Waals surface area contributed by atoms with E-state index in [0.29, 0.717) is 13.2 Å². The van der Waals surface area contributed by atoms with Crippen LogP contribution in [-0.4, -0.2) is 51.1 Å². The molecule has 0 aromatic rings. The first kappa shape index (κ1) is 13.8. The minimum atomic E-state index is -0.253. The third-order valence-corrected chi connectivity index (χ3v) is 3.57. The van der Waals surface area contributed by atoms with Crippen LogP contribution in [0.3, 0.4) is 0 Å². The van der Waals surface area contributed by atoms with Gasteiger partial charge in [-0.25, -0.2) is 0 Å². The first-order valence-corrected chi connectivity index (χ1v) is 6.90. The van der Waals surface area contributed by atoms with Gasteiger partial charge < -0.3 is 19.5 Å². The Kier molecular flexibility index (Phi) is 5.41. The molecule has 5 nitrogen and oxygen atoms in total. The molecule has 2 fully saturated rings. The third-order valence-electron chi connectivity index (χ3n) is 3.57. The van der Waals surface area contributed by atoms with Crippen molar-refractivity contribution in [3.8, 4) is 0 Å². The Bertz CT molecular complexity index is 260. The molecule has 2 saturated heterocycles. The second kappa shape index (κ2) is 7.07. The summed E-state index contributed by atoms with van der Waals surface area (Å²) in [4.78, 5) is 12.0. The lowest BCUT2D eigenvalue weighted by Gasteiger charge is -2.23. The zero-order valence-electron chi connectivity index (χ0n) is 11.0. The largest absolute Gasteiger partial charge is 0.465 e. The molecule has 3 atom stereocenters. The summed E-state index contributed by atoms with van der Waals surface area (Å²) in [5, 5.41) is 3.31. The predicted octanol–water partition coefficient (Wildman–Crippen LogP) is 0.723. The minimum absolute atomic E-state index is 0.161. The van der Waals surface area contributed by atoms with Crippen LogP contribution in [0, 0.1) is 5.92 Å². The summed E-state index contributed by atoms with van der Waals surface area (Å²) in [6.45, 7) is 5.19. The molecule has 1 N–H and O–H groups in total. The van der Waals surface area contributed by atoms with E-state index in [-0.39, 0.29) is 24.0 Å². The van der Waals surface area contributed by atoms with Gasteiger partial charge in [0.1, 0.15) is 6.04 Å². The van der Waals surface area contributed by atoms with Crippen LogP contribution in [0.5, 0.6) is 0 Å². The fraction of sp³-hybridized carbons (Fsp3) is 0.923. The fourth-order valence-corrected chi connectivity index (χ4v) is 2.55. The Hall–Kier alpha value is -0.650. The average molecular weight is 257 g/mol. The third kappa shape index (κ3) is 3.67. The Morgan fingerprint density at radius 2 is 2.33 bits per heavy atom. The smallest absolute Gasteiger partial charge is 0.323 e. The summed E-state index contributed by atoms with van der Waals surface area (Å²) >= 11 is 0. The van der Waals surface area contributed by atoms with Crippen molar-refractivity contribution in [2.24, 2.45) is 5.92 Å². The lowest BCUT2D eigenvalue weighted by Crippen LogP contribution is -2.47. The highest BCUT2D eigenvalue weighted by Crippen LogP contribution is 2.19. The van der Waals surface area contributed by atoms with Crippen molar-refractivity contribution in [2.75, 3.05) is 33.0 Å². The van der Waals surface area contributed by atoms with Crippen LogP contribution >= 0.6 is 0 Å². The van der Waals surface area contributed by atoms with Gasteiger partial charge in [-0.2, -0.15) is 0 Å². The summed E-state index contributed by atoms with van der Waals surface area (Å²) in [6.07, 6.45) is 3.35. The minimum Gasteiger partial charge on any atom is -0.465 e. The molecule has 0 aliphatic carbocycles. The summed E-state index contributed by atoms with van der Waals surface area (Å²) in [5.41, 5.74) is 0. The van der Waals surface area contributed by atoms with Crippen LogP contribution in [0.15, 0.2) is 0 Å². The van der Waals surface area contributed by atoms with Crippen LogP contribution in [0.1, 0.15) is 26.2 Å². The van der Waals surface area contributed by atoms with E-state index in [1.54, 1.807) is 0 Å². The Labute approximate surface area is 108 Å². The summed E-state index contributed by atoms with van der Waals surface area (Å²) in [6, 6.07) is -0.253. The molecule has 0 aromatic heterocycles. The second-order valence-electron chi connectivity index (χ2n) is 4.90. The van der Waals surface area contributed by atoms with Gasteiger partial charge in [0.25, 0.3) is 0 Å². The molecule has 0 amide bonds. The highest BCUT2D eigenvalue weighted by atomic mass is 16.5. The number of hydrogen-bond acceptors (Lipinski definition) is 5. The van der Waals surface area contributed by atoms with E-state index in [4.69, 9.17) is 14.2 Å². The van der Waals surface area contributed by atoms with Gasteiger partial charge in [-0.1, -0.05) is 0 Å². The van der Waals surface area contributed by atoms with Crippen molar-refractivity contribution in [1.82, 2.24) is 5.32 Å². The van der Waals surface area contributed by atoms with Gasteiger partial charge in [0.2, 0.25) is 0 Å². The van der Waals surface area contributed by atoms with Gasteiger partial charge in [-0.15, -0.1) is 0 Å². The molecule has 2 aliphatic rings. The summed E-state index contributed by atoms with van der Waals surface area (Å²) in [5.74, 6) is 0.0662. The Balaban J connectivity index is 1.84. The van der Waals surface area contributed by atoms with E-state index in [1.807, 2.05) is 6.92 Å². The van der Waals surface area contributed by atoms with Gasteiger partial charge in [0.15, 0.2) is 0 Å². The normalized spacial score (nSPS) is 29.4. The SMILES string of the molecule is CCOC(=O)C(NCC1CCCO1)C1CCOC1. The average Bonchev–Trinajstić information content (AvgIpc) is 3.01. The molecule has 0 radical (unpaired) electrons. The van der Waals surface area contributed by atoms with Crippen molar-refractivity contribution in [3.63, 3.8) is 0 Å². The molecular weight excluding hydrogens is 234 g/mol. The Morgan fingerprint density at radius 3 is 2.94 bits per heavy atom. The second-order valence-corrected chi connectivity index (χ2v) is 4.90. The number of carbonyl (C=O) groups excluding carboxylic acids is 1. The lowest BCUT2D eigenvalue weighted by molar-refractivity contribution is -0.147. The van der Waals surface area contributed by atoms with Gasteiger partial charge in [0.05, 0.1) is 19.3 Å². The number of hydrogen-bond donors (Lipinski definition) is 1. The van der Waals surface area contributed by atoms with E-state index in [9.17, 15) is 4.79 Å². The maximum Gasteiger partial charge on any atom is 0.323 e. The molecule has 3 unspecified atom stereocenters. The van der Waals surface area contributed by atoms with Crippen LogP contribution in [0.4, 0.5) is 0 Å². The molecule has 2 heterocycles. The van der Waals surface area contributed by atoms with Crippen molar-refractivity contribution < 1.29 is 19.0 Å². The molecule has 18 heavy (non-hydrogen) atoms. The standard InChI is InChI=1S/C13H23NO4/c1-2-17-13(15)12(10-5-7-16-9-10)14-8-11-4-3-6-18-11/h10-12,14H,2-9H2,1H3. The molecule has 0 aromatic carbocycles. The lowest BCUT2D eigenvalue weighted by atomic mass is 9.99. The maximum atomic E-state index is 12.0. The van der Waals surface area contributed by atoms with Crippen molar-refractivity contribution in [1.29, 1.82) is 0 Å². The molecule has 2 aliphatic heterocycles. The van der Waals surface area contributed by atoms with E-state index >= 15 is 0 Å². The van der Waals surface area contributed by atoms with Gasteiger partial charge in [0, 0.05) is 25.7 Å². The van der Waals surface area contributed by atoms with Gasteiger partial charge in [-0.05, 0) is 26.2 Å². The molecule has 0 bridgehead atoms. The predicted molar refractivity (Wildman–Crippen MR) is 66.3 cm³/mol. The number of nitrogens with one attached hydrogen (secondary N) is 1. The number of rotatable bonds is 6. The van der Waals surface area contributed by atoms with Crippen LogP contribution in [0.25, 0.3) is 0 Å². The Morgan fingerprint density at radius 1 is 1.44 bits per heavy atom. The van der Waals surface area contributed by atoms with E-state index in [0.717, 1.165) is 39.0 Å². The zero-order valence-corrected chi connectivity index (χ0v) is 11.0. The number of esters is 1. The van der Waals surface area contributed by atoms with Gasteiger partial charge >= 0.3 is 5.97 Å². The zero-order chi connectivity index (χ0) is 12.8. The molecule has 104 valence electrons. The quantitative estimate of drug-likeness (QED) is 0.711. The highest BCUT2D eigenvalue weighted by Gasteiger charge is 2.33. The van der Waals surface area contributed by atoms with Crippen molar-refractivity contribution >= 4 is 5.97 Å². The monoisotopic (exact) mass is 257 g/mol. The first-order chi connectivity index (χ1) is 8.81. The van der Waals surface area contributed by atoms with Gasteiger partial charge in [-0.3, -0.25) is 4.79 Å². The van der Waals surface area contributed by atoms with E-state index in [1.165, 1.54) is 0 Å². The number of carbonyl (C=O) groups is 1. The van der Waals surface area contributed by atoms with Crippen molar-refractivity contribution in [2.45, 2.75) is 38.3 Å². The fourth-order valence-electron chi connectivity index (χ4n) is 2.55. The number of ether oxygens (including phenoxy) is 3. The highest BCUT2D eigenvalue weighted by molar-refractivity contribution is 5.76. The molecule has 0 spiro atoms. The molecular formula is C13H23NO4. The van der Waals surface area contributed by atoms with E-state index in [2.05, 4.69) is 5.32 Å². The summed E-state index contributed by atoms with van der Waals surface area (Å²) in [7, 11) is 0. The molecule has 5 heteroatoms. The van der Waals surface area contributed by atoms with E-state index < -0.39 is 0 Å².